The first-order chi connectivity index (χ1) is 13.0. The first-order valence-electron chi connectivity index (χ1n) is 8.38. The monoisotopic (exact) mass is 383 g/mol. The Balaban J connectivity index is 1.68. The molecule has 0 saturated heterocycles. The summed E-state index contributed by atoms with van der Waals surface area (Å²) in [6, 6.07) is 4.49. The zero-order valence-corrected chi connectivity index (χ0v) is 15.6. The lowest BCUT2D eigenvalue weighted by atomic mass is 10.1. The molecule has 0 aromatic carbocycles. The van der Waals surface area contributed by atoms with Crippen molar-refractivity contribution in [1.29, 1.82) is 0 Å². The quantitative estimate of drug-likeness (QED) is 0.743. The van der Waals surface area contributed by atoms with Gasteiger partial charge in [0, 0.05) is 10.9 Å². The number of hydrogen-bond donors (Lipinski definition) is 1. The standard InChI is InChI=1S/C18H17N5O3S/c1-10-13(3-4-14(19-10)12-5-6-27-9-12)17(24)23-8-16-21-20-11(2)22(16)7-15(23)18(25)26/h3-6,9,15H,7-8H2,1-2H3,(H,25,26). The first-order valence-corrected chi connectivity index (χ1v) is 9.32. The van der Waals surface area contributed by atoms with Crippen molar-refractivity contribution in [1.82, 2.24) is 24.6 Å². The van der Waals surface area contributed by atoms with Crippen LogP contribution in [0.3, 0.4) is 0 Å². The van der Waals surface area contributed by atoms with Crippen LogP contribution in [-0.4, -0.2) is 47.7 Å². The summed E-state index contributed by atoms with van der Waals surface area (Å²) in [6.45, 7) is 3.76. The third-order valence-corrected chi connectivity index (χ3v) is 5.42. The Morgan fingerprint density at radius 2 is 2.04 bits per heavy atom. The van der Waals surface area contributed by atoms with Crippen LogP contribution in [0, 0.1) is 13.8 Å². The molecule has 4 heterocycles. The second-order valence-corrected chi connectivity index (χ2v) is 7.18. The van der Waals surface area contributed by atoms with Crippen molar-refractivity contribution >= 4 is 23.2 Å². The molecule has 8 nitrogen and oxygen atoms in total. The van der Waals surface area contributed by atoms with Gasteiger partial charge in [0.15, 0.2) is 5.82 Å². The average Bonchev–Trinajstić information content (AvgIpc) is 3.30. The molecule has 4 rings (SSSR count). The predicted molar refractivity (Wildman–Crippen MR) is 98.3 cm³/mol. The molecule has 1 N–H and O–H groups in total. The molecular formula is C18H17N5O3S. The number of carboxylic acid groups (broad SMARTS) is 1. The molecule has 1 unspecified atom stereocenters. The van der Waals surface area contributed by atoms with Crippen molar-refractivity contribution in [3.8, 4) is 11.3 Å². The van der Waals surface area contributed by atoms with E-state index in [1.54, 1.807) is 41.9 Å². The van der Waals surface area contributed by atoms with Gasteiger partial charge in [0.25, 0.3) is 5.91 Å². The Hall–Kier alpha value is -3.07. The van der Waals surface area contributed by atoms with Gasteiger partial charge in [-0.1, -0.05) is 0 Å². The minimum atomic E-state index is -1.05. The fraction of sp³-hybridized carbons (Fsp3) is 0.278. The summed E-state index contributed by atoms with van der Waals surface area (Å²) >= 11 is 1.58. The summed E-state index contributed by atoms with van der Waals surface area (Å²) in [6.07, 6.45) is 0. The SMILES string of the molecule is Cc1nc(-c2ccsc2)ccc1C(=O)N1Cc2nnc(C)n2CC1C(=O)O. The fourth-order valence-electron chi connectivity index (χ4n) is 3.25. The summed E-state index contributed by atoms with van der Waals surface area (Å²) in [7, 11) is 0. The number of hydrogen-bond acceptors (Lipinski definition) is 6. The van der Waals surface area contributed by atoms with Crippen LogP contribution in [0.15, 0.2) is 29.0 Å². The number of carbonyl (C=O) groups is 2. The lowest BCUT2D eigenvalue weighted by molar-refractivity contribution is -0.143. The van der Waals surface area contributed by atoms with Crippen molar-refractivity contribution in [3.63, 3.8) is 0 Å². The van der Waals surface area contributed by atoms with Crippen LogP contribution in [0.2, 0.25) is 0 Å². The van der Waals surface area contributed by atoms with E-state index in [4.69, 9.17) is 0 Å². The smallest absolute Gasteiger partial charge is 0.328 e. The largest absolute Gasteiger partial charge is 0.480 e. The Morgan fingerprint density at radius 1 is 1.22 bits per heavy atom. The van der Waals surface area contributed by atoms with Gasteiger partial charge >= 0.3 is 5.97 Å². The van der Waals surface area contributed by atoms with E-state index in [-0.39, 0.29) is 19.0 Å². The van der Waals surface area contributed by atoms with E-state index in [1.807, 2.05) is 16.8 Å². The van der Waals surface area contributed by atoms with Gasteiger partial charge in [-0.25, -0.2) is 4.79 Å². The second kappa shape index (κ2) is 6.58. The molecule has 0 bridgehead atoms. The number of aromatic nitrogens is 4. The summed E-state index contributed by atoms with van der Waals surface area (Å²) in [4.78, 5) is 30.8. The van der Waals surface area contributed by atoms with Gasteiger partial charge in [0.1, 0.15) is 11.9 Å². The molecule has 1 aliphatic heterocycles. The predicted octanol–water partition coefficient (Wildman–Crippen LogP) is 2.13. The van der Waals surface area contributed by atoms with E-state index in [0.717, 1.165) is 11.3 Å². The normalized spacial score (nSPS) is 16.2. The molecule has 0 spiro atoms. The number of rotatable bonds is 3. The summed E-state index contributed by atoms with van der Waals surface area (Å²) in [5.41, 5.74) is 2.74. The molecule has 1 amide bonds. The molecule has 27 heavy (non-hydrogen) atoms. The van der Waals surface area contributed by atoms with Crippen LogP contribution in [0.5, 0.6) is 0 Å². The van der Waals surface area contributed by atoms with Crippen molar-refractivity contribution in [3.05, 3.63) is 51.9 Å². The molecule has 3 aromatic rings. The number of nitrogens with zero attached hydrogens (tertiary/aromatic N) is 5. The minimum absolute atomic E-state index is 0.0996. The summed E-state index contributed by atoms with van der Waals surface area (Å²) in [5.74, 6) is -0.195. The van der Waals surface area contributed by atoms with Crippen molar-refractivity contribution in [2.24, 2.45) is 0 Å². The second-order valence-electron chi connectivity index (χ2n) is 6.40. The highest BCUT2D eigenvalue weighted by atomic mass is 32.1. The first kappa shape index (κ1) is 17.3. The van der Waals surface area contributed by atoms with Crippen molar-refractivity contribution in [2.45, 2.75) is 33.0 Å². The van der Waals surface area contributed by atoms with E-state index >= 15 is 0 Å². The van der Waals surface area contributed by atoms with Gasteiger partial charge in [-0.15, -0.1) is 10.2 Å². The Morgan fingerprint density at radius 3 is 2.70 bits per heavy atom. The number of amides is 1. The Kier molecular flexibility index (Phi) is 4.23. The van der Waals surface area contributed by atoms with Gasteiger partial charge in [0.05, 0.1) is 30.0 Å². The summed E-state index contributed by atoms with van der Waals surface area (Å²) < 4.78 is 1.74. The van der Waals surface area contributed by atoms with E-state index < -0.39 is 12.0 Å². The van der Waals surface area contributed by atoms with Gasteiger partial charge < -0.3 is 14.6 Å². The number of pyridine rings is 1. The number of thiophene rings is 1. The molecule has 9 heteroatoms. The summed E-state index contributed by atoms with van der Waals surface area (Å²) in [5, 5.41) is 21.6. The minimum Gasteiger partial charge on any atom is -0.480 e. The van der Waals surface area contributed by atoms with E-state index in [9.17, 15) is 14.7 Å². The average molecular weight is 383 g/mol. The van der Waals surface area contributed by atoms with Crippen LogP contribution in [0.1, 0.15) is 27.7 Å². The lowest BCUT2D eigenvalue weighted by Crippen LogP contribution is -2.51. The number of carbonyl (C=O) groups excluding carboxylic acids is 1. The lowest BCUT2D eigenvalue weighted by Gasteiger charge is -2.33. The number of aliphatic carboxylic acids is 1. The van der Waals surface area contributed by atoms with Gasteiger partial charge in [0.2, 0.25) is 0 Å². The van der Waals surface area contributed by atoms with E-state index in [2.05, 4.69) is 15.2 Å². The van der Waals surface area contributed by atoms with Crippen LogP contribution < -0.4 is 0 Å². The molecule has 0 saturated carbocycles. The zero-order chi connectivity index (χ0) is 19.1. The number of carboxylic acids is 1. The molecule has 0 radical (unpaired) electrons. The highest BCUT2D eigenvalue weighted by Gasteiger charge is 2.37. The molecule has 1 aliphatic rings. The van der Waals surface area contributed by atoms with Crippen molar-refractivity contribution in [2.75, 3.05) is 0 Å². The highest BCUT2D eigenvalue weighted by molar-refractivity contribution is 7.08. The van der Waals surface area contributed by atoms with Crippen LogP contribution in [0.4, 0.5) is 0 Å². The van der Waals surface area contributed by atoms with Gasteiger partial charge in [-0.2, -0.15) is 11.3 Å². The third-order valence-electron chi connectivity index (χ3n) is 4.73. The van der Waals surface area contributed by atoms with Gasteiger partial charge in [-0.3, -0.25) is 9.78 Å². The fourth-order valence-corrected chi connectivity index (χ4v) is 3.90. The topological polar surface area (TPSA) is 101 Å². The Labute approximate surface area is 159 Å². The number of fused-ring (bicyclic) bond motifs is 1. The van der Waals surface area contributed by atoms with Crippen LogP contribution in [0.25, 0.3) is 11.3 Å². The molecule has 3 aromatic heterocycles. The third kappa shape index (κ3) is 2.99. The van der Waals surface area contributed by atoms with Gasteiger partial charge in [-0.05, 0) is 37.4 Å². The maximum Gasteiger partial charge on any atom is 0.328 e. The maximum atomic E-state index is 13.1. The highest BCUT2D eigenvalue weighted by Crippen LogP contribution is 2.24. The Bertz CT molecular complexity index is 1030. The number of aryl methyl sites for hydroxylation is 2. The molecular weight excluding hydrogens is 366 g/mol. The molecule has 0 aliphatic carbocycles. The molecule has 138 valence electrons. The molecule has 1 atom stereocenters. The zero-order valence-electron chi connectivity index (χ0n) is 14.8. The maximum absolute atomic E-state index is 13.1. The van der Waals surface area contributed by atoms with E-state index in [1.165, 1.54) is 4.90 Å². The van der Waals surface area contributed by atoms with Crippen LogP contribution in [-0.2, 0) is 17.9 Å². The van der Waals surface area contributed by atoms with E-state index in [0.29, 0.717) is 22.9 Å². The molecule has 0 fully saturated rings. The van der Waals surface area contributed by atoms with Crippen LogP contribution >= 0.6 is 11.3 Å². The van der Waals surface area contributed by atoms with Crippen molar-refractivity contribution < 1.29 is 14.7 Å².